The summed E-state index contributed by atoms with van der Waals surface area (Å²) in [5, 5.41) is 8.12. The van der Waals surface area contributed by atoms with E-state index in [4.69, 9.17) is 5.26 Å². The maximum atomic E-state index is 13.1. The van der Waals surface area contributed by atoms with E-state index in [0.29, 0.717) is 0 Å². The summed E-state index contributed by atoms with van der Waals surface area (Å²) in [6.07, 6.45) is 0. The Balaban J connectivity index is 3.25. The predicted molar refractivity (Wildman–Crippen MR) is 45.4 cm³/mol. The van der Waals surface area contributed by atoms with Gasteiger partial charge in [-0.05, 0) is 18.1 Å². The third kappa shape index (κ3) is 1.81. The molecule has 0 N–H and O–H groups in total. The zero-order chi connectivity index (χ0) is 10.6. The second-order valence-corrected chi connectivity index (χ2v) is 2.31. The highest BCUT2D eigenvalue weighted by molar-refractivity contribution is 5.42. The minimum absolute atomic E-state index is 0.162. The molecule has 1 aromatic carbocycles. The number of hydrogen-bond acceptors (Lipinski definition) is 2. The molecule has 0 aromatic heterocycles. The van der Waals surface area contributed by atoms with Gasteiger partial charge in [0.2, 0.25) is 5.82 Å². The van der Waals surface area contributed by atoms with Crippen LogP contribution in [0, 0.1) is 34.8 Å². The molecule has 0 fully saturated rings. The Morgan fingerprint density at radius 1 is 1.29 bits per heavy atom. The fourth-order valence-electron chi connectivity index (χ4n) is 0.881. The van der Waals surface area contributed by atoms with Gasteiger partial charge in [-0.15, -0.1) is 0 Å². The number of nitriles is 1. The van der Waals surface area contributed by atoms with Gasteiger partial charge in [-0.3, -0.25) is 0 Å². The summed E-state index contributed by atoms with van der Waals surface area (Å²) in [5.74, 6) is 1.76. The van der Waals surface area contributed by atoms with Crippen LogP contribution in [-0.4, -0.2) is 7.11 Å². The van der Waals surface area contributed by atoms with Gasteiger partial charge in [0.15, 0.2) is 17.6 Å². The largest absolute Gasteiger partial charge is 0.494 e. The van der Waals surface area contributed by atoms with E-state index in [1.165, 1.54) is 25.3 Å². The van der Waals surface area contributed by atoms with Crippen molar-refractivity contribution in [1.82, 2.24) is 0 Å². The summed E-state index contributed by atoms with van der Waals surface area (Å²) in [6.45, 7) is 0. The highest BCUT2D eigenvalue weighted by Gasteiger charge is 2.12. The lowest BCUT2D eigenvalue weighted by Gasteiger charge is -2.02. The van der Waals surface area contributed by atoms with E-state index in [9.17, 15) is 8.78 Å². The summed E-state index contributed by atoms with van der Waals surface area (Å²) in [5.41, 5.74) is -0.162. The minimum Gasteiger partial charge on any atom is -0.494 e. The van der Waals surface area contributed by atoms with Crippen molar-refractivity contribution in [2.75, 3.05) is 7.11 Å². The molecule has 0 saturated carbocycles. The summed E-state index contributed by atoms with van der Waals surface area (Å²) in [7, 11) is 1.23. The van der Waals surface area contributed by atoms with E-state index in [-0.39, 0.29) is 11.3 Å². The SMILES string of the molecule is COc1ccc(C#CC#N)c(F)c1F. The van der Waals surface area contributed by atoms with Crippen molar-refractivity contribution in [1.29, 1.82) is 5.26 Å². The van der Waals surface area contributed by atoms with Crippen LogP contribution in [0.2, 0.25) is 0 Å². The molecule has 0 radical (unpaired) electrons. The lowest BCUT2D eigenvalue weighted by molar-refractivity contribution is 0.371. The Bertz CT molecular complexity index is 452. The molecule has 70 valence electrons. The number of methoxy groups -OCH3 is 1. The fourth-order valence-corrected chi connectivity index (χ4v) is 0.881. The Morgan fingerprint density at radius 2 is 2.00 bits per heavy atom. The van der Waals surface area contributed by atoms with Crippen LogP contribution in [0.1, 0.15) is 5.56 Å². The maximum Gasteiger partial charge on any atom is 0.201 e. The van der Waals surface area contributed by atoms with Crippen molar-refractivity contribution >= 4 is 0 Å². The van der Waals surface area contributed by atoms with Crippen molar-refractivity contribution in [3.63, 3.8) is 0 Å². The van der Waals surface area contributed by atoms with Crippen LogP contribution >= 0.6 is 0 Å². The second-order valence-electron chi connectivity index (χ2n) is 2.31. The van der Waals surface area contributed by atoms with Gasteiger partial charge in [-0.2, -0.15) is 9.65 Å². The van der Waals surface area contributed by atoms with Gasteiger partial charge in [0.05, 0.1) is 12.7 Å². The second kappa shape index (κ2) is 4.25. The highest BCUT2D eigenvalue weighted by atomic mass is 19.2. The van der Waals surface area contributed by atoms with Gasteiger partial charge in [0.1, 0.15) is 0 Å². The molecule has 0 aliphatic heterocycles. The normalized spacial score (nSPS) is 8.43. The summed E-state index contributed by atoms with van der Waals surface area (Å²) < 4.78 is 30.7. The predicted octanol–water partition coefficient (Wildman–Crippen LogP) is 1.85. The van der Waals surface area contributed by atoms with Crippen molar-refractivity contribution in [3.8, 4) is 23.7 Å². The average molecular weight is 193 g/mol. The van der Waals surface area contributed by atoms with Gasteiger partial charge in [-0.1, -0.05) is 0 Å². The van der Waals surface area contributed by atoms with Gasteiger partial charge in [0, 0.05) is 5.92 Å². The lowest BCUT2D eigenvalue weighted by atomic mass is 10.2. The fraction of sp³-hybridized carbons (Fsp3) is 0.100. The molecule has 0 saturated heterocycles. The van der Waals surface area contributed by atoms with E-state index in [0.717, 1.165) is 0 Å². The molecule has 0 aliphatic rings. The van der Waals surface area contributed by atoms with Crippen molar-refractivity contribution < 1.29 is 13.5 Å². The van der Waals surface area contributed by atoms with Crippen LogP contribution in [0.3, 0.4) is 0 Å². The molecule has 4 heteroatoms. The number of ether oxygens (including phenoxy) is 1. The lowest BCUT2D eigenvalue weighted by Crippen LogP contribution is -1.94. The van der Waals surface area contributed by atoms with Gasteiger partial charge in [0.25, 0.3) is 0 Å². The molecule has 2 nitrogen and oxygen atoms in total. The summed E-state index contributed by atoms with van der Waals surface area (Å²) in [6, 6.07) is 4.01. The van der Waals surface area contributed by atoms with Crippen LogP contribution in [0.15, 0.2) is 12.1 Å². The molecule has 0 bridgehead atoms. The molecule has 0 spiro atoms. The first-order chi connectivity index (χ1) is 6.70. The standard InChI is InChI=1S/C10H5F2NO/c1-14-8-5-4-7(3-2-6-13)9(11)10(8)12/h4-5H,1H3. The number of nitrogens with zero attached hydrogens (tertiary/aromatic N) is 1. The molecular formula is C10H5F2NO. The Hall–Kier alpha value is -2.07. The molecule has 1 rings (SSSR count). The number of hydrogen-bond donors (Lipinski definition) is 0. The Labute approximate surface area is 79.7 Å². The third-order valence-electron chi connectivity index (χ3n) is 1.52. The number of rotatable bonds is 1. The molecule has 1 aromatic rings. The quantitative estimate of drug-likeness (QED) is 0.637. The van der Waals surface area contributed by atoms with Crippen molar-refractivity contribution in [2.24, 2.45) is 0 Å². The van der Waals surface area contributed by atoms with E-state index < -0.39 is 11.6 Å². The van der Waals surface area contributed by atoms with Crippen molar-refractivity contribution in [3.05, 3.63) is 29.3 Å². The van der Waals surface area contributed by atoms with E-state index in [1.807, 2.05) is 5.92 Å². The van der Waals surface area contributed by atoms with E-state index >= 15 is 0 Å². The zero-order valence-corrected chi connectivity index (χ0v) is 7.27. The van der Waals surface area contributed by atoms with Crippen LogP contribution in [-0.2, 0) is 0 Å². The topological polar surface area (TPSA) is 33.0 Å². The van der Waals surface area contributed by atoms with Crippen molar-refractivity contribution in [2.45, 2.75) is 0 Å². The van der Waals surface area contributed by atoms with Crippen LogP contribution in [0.25, 0.3) is 0 Å². The smallest absolute Gasteiger partial charge is 0.201 e. The van der Waals surface area contributed by atoms with Gasteiger partial charge in [-0.25, -0.2) is 4.39 Å². The highest BCUT2D eigenvalue weighted by Crippen LogP contribution is 2.21. The maximum absolute atomic E-state index is 13.1. The van der Waals surface area contributed by atoms with Crippen LogP contribution < -0.4 is 4.74 Å². The first-order valence-corrected chi connectivity index (χ1v) is 3.62. The number of benzene rings is 1. The summed E-state index contributed by atoms with van der Waals surface area (Å²) in [4.78, 5) is 0. The molecule has 0 aliphatic carbocycles. The molecule has 14 heavy (non-hydrogen) atoms. The molecular weight excluding hydrogens is 188 g/mol. The first-order valence-electron chi connectivity index (χ1n) is 3.62. The van der Waals surface area contributed by atoms with Crippen LogP contribution in [0.5, 0.6) is 5.75 Å². The average Bonchev–Trinajstić information content (AvgIpc) is 2.20. The molecule has 0 unspecified atom stereocenters. The van der Waals surface area contributed by atoms with E-state index in [2.05, 4.69) is 10.7 Å². The molecule has 0 amide bonds. The van der Waals surface area contributed by atoms with E-state index in [1.54, 1.807) is 0 Å². The van der Waals surface area contributed by atoms with Crippen LogP contribution in [0.4, 0.5) is 8.78 Å². The minimum atomic E-state index is -1.10. The zero-order valence-electron chi connectivity index (χ0n) is 7.27. The Morgan fingerprint density at radius 3 is 2.57 bits per heavy atom. The third-order valence-corrected chi connectivity index (χ3v) is 1.52. The first kappa shape index (κ1) is 10.0. The molecule has 0 heterocycles. The number of halogens is 2. The monoisotopic (exact) mass is 193 g/mol. The van der Waals surface area contributed by atoms with Gasteiger partial charge < -0.3 is 4.74 Å². The summed E-state index contributed by atoms with van der Waals surface area (Å²) >= 11 is 0. The Kier molecular flexibility index (Phi) is 3.04. The van der Waals surface area contributed by atoms with Gasteiger partial charge >= 0.3 is 0 Å². The molecule has 0 atom stereocenters.